The van der Waals surface area contributed by atoms with Gasteiger partial charge in [0.25, 0.3) is 5.91 Å². The summed E-state index contributed by atoms with van der Waals surface area (Å²) in [5.41, 5.74) is 1.56. The second-order valence-electron chi connectivity index (χ2n) is 7.81. The number of carbonyl (C=O) groups is 2. The van der Waals surface area contributed by atoms with Gasteiger partial charge >= 0.3 is 0 Å². The van der Waals surface area contributed by atoms with Crippen LogP contribution in [-0.4, -0.2) is 84.2 Å². The standard InChI is InChI=1S/C21H30N2O6/c1-13-5-7-14(8-6-13)21(27)22-11-17-20(26)19(25)16(29-17)10-18(24)23-9-3-4-15(23)12-28-2/h5-8,15-17,19-20,25-26H,3-4,9-12H2,1-2H3,(H,22,27)/t15-,16+,17+,19+,20-/m1/s1. The molecule has 8 nitrogen and oxygen atoms in total. The van der Waals surface area contributed by atoms with E-state index < -0.39 is 24.4 Å². The molecule has 1 aromatic carbocycles. The molecule has 1 aromatic rings. The second-order valence-corrected chi connectivity index (χ2v) is 7.81. The number of methoxy groups -OCH3 is 1. The Hall–Kier alpha value is -2.00. The van der Waals surface area contributed by atoms with Gasteiger partial charge in [0.1, 0.15) is 18.3 Å². The number of rotatable bonds is 7. The Labute approximate surface area is 170 Å². The molecule has 0 unspecified atom stereocenters. The van der Waals surface area contributed by atoms with E-state index in [-0.39, 0.29) is 30.8 Å². The summed E-state index contributed by atoms with van der Waals surface area (Å²) >= 11 is 0. The van der Waals surface area contributed by atoms with Crippen molar-refractivity contribution < 1.29 is 29.3 Å². The first-order valence-corrected chi connectivity index (χ1v) is 10.1. The molecule has 2 heterocycles. The molecule has 2 saturated heterocycles. The van der Waals surface area contributed by atoms with Crippen molar-refractivity contribution in [3.05, 3.63) is 35.4 Å². The quantitative estimate of drug-likeness (QED) is 0.599. The number of carbonyl (C=O) groups excluding carboxylic acids is 2. The number of ether oxygens (including phenoxy) is 2. The van der Waals surface area contributed by atoms with Crippen LogP contribution in [0.5, 0.6) is 0 Å². The van der Waals surface area contributed by atoms with Crippen LogP contribution < -0.4 is 5.32 Å². The molecule has 3 rings (SSSR count). The van der Waals surface area contributed by atoms with Gasteiger partial charge in [-0.25, -0.2) is 0 Å². The summed E-state index contributed by atoms with van der Waals surface area (Å²) in [5, 5.41) is 23.3. The number of aliphatic hydroxyl groups is 2. The Balaban J connectivity index is 1.52. The molecule has 8 heteroatoms. The second kappa shape index (κ2) is 9.67. The van der Waals surface area contributed by atoms with E-state index in [0.717, 1.165) is 18.4 Å². The first-order chi connectivity index (χ1) is 13.9. The van der Waals surface area contributed by atoms with Gasteiger partial charge in [0.2, 0.25) is 5.91 Å². The smallest absolute Gasteiger partial charge is 0.251 e. The van der Waals surface area contributed by atoms with Crippen molar-refractivity contribution in [1.82, 2.24) is 10.2 Å². The minimum absolute atomic E-state index is 0.0130. The summed E-state index contributed by atoms with van der Waals surface area (Å²) < 4.78 is 10.9. The minimum Gasteiger partial charge on any atom is -0.388 e. The van der Waals surface area contributed by atoms with Crippen LogP contribution >= 0.6 is 0 Å². The van der Waals surface area contributed by atoms with Crippen LogP contribution in [0.1, 0.15) is 35.2 Å². The number of likely N-dealkylation sites (tertiary alicyclic amines) is 1. The number of aliphatic hydroxyl groups excluding tert-OH is 2. The van der Waals surface area contributed by atoms with E-state index in [0.29, 0.717) is 18.7 Å². The van der Waals surface area contributed by atoms with E-state index in [9.17, 15) is 19.8 Å². The van der Waals surface area contributed by atoms with E-state index in [2.05, 4.69) is 5.32 Å². The van der Waals surface area contributed by atoms with Crippen molar-refractivity contribution in [2.75, 3.05) is 26.8 Å². The number of nitrogens with one attached hydrogen (secondary N) is 1. The lowest BCUT2D eigenvalue weighted by molar-refractivity contribution is -0.137. The Kier molecular flexibility index (Phi) is 7.23. The highest BCUT2D eigenvalue weighted by molar-refractivity contribution is 5.94. The molecule has 160 valence electrons. The molecular weight excluding hydrogens is 376 g/mol. The zero-order chi connectivity index (χ0) is 21.0. The highest BCUT2D eigenvalue weighted by Gasteiger charge is 2.44. The molecule has 0 saturated carbocycles. The van der Waals surface area contributed by atoms with Gasteiger partial charge in [-0.1, -0.05) is 17.7 Å². The Morgan fingerprint density at radius 3 is 2.59 bits per heavy atom. The maximum absolute atomic E-state index is 12.7. The van der Waals surface area contributed by atoms with Gasteiger partial charge < -0.3 is 29.9 Å². The van der Waals surface area contributed by atoms with Gasteiger partial charge in [0.15, 0.2) is 0 Å². The third-order valence-corrected chi connectivity index (χ3v) is 5.67. The summed E-state index contributed by atoms with van der Waals surface area (Å²) in [4.78, 5) is 26.7. The largest absolute Gasteiger partial charge is 0.388 e. The highest BCUT2D eigenvalue weighted by atomic mass is 16.5. The molecule has 5 atom stereocenters. The normalized spacial score (nSPS) is 29.2. The molecular formula is C21H30N2O6. The molecule has 2 aliphatic rings. The van der Waals surface area contributed by atoms with Crippen molar-refractivity contribution in [2.24, 2.45) is 0 Å². The first-order valence-electron chi connectivity index (χ1n) is 10.1. The van der Waals surface area contributed by atoms with Crippen LogP contribution in [0.3, 0.4) is 0 Å². The molecule has 2 aliphatic heterocycles. The van der Waals surface area contributed by atoms with Gasteiger partial charge in [-0.05, 0) is 31.9 Å². The lowest BCUT2D eigenvalue weighted by Gasteiger charge is -2.26. The molecule has 0 spiro atoms. The van der Waals surface area contributed by atoms with Crippen molar-refractivity contribution in [3.8, 4) is 0 Å². The van der Waals surface area contributed by atoms with Crippen LogP contribution in [0.25, 0.3) is 0 Å². The lowest BCUT2D eigenvalue weighted by Crippen LogP contribution is -2.42. The molecule has 2 amide bonds. The number of nitrogens with zero attached hydrogens (tertiary/aromatic N) is 1. The molecule has 0 aromatic heterocycles. The van der Waals surface area contributed by atoms with Crippen LogP contribution in [0.4, 0.5) is 0 Å². The first kappa shape index (κ1) is 21.7. The van der Waals surface area contributed by atoms with E-state index in [4.69, 9.17) is 9.47 Å². The topological polar surface area (TPSA) is 108 Å². The van der Waals surface area contributed by atoms with Crippen LogP contribution in [0.2, 0.25) is 0 Å². The number of benzene rings is 1. The average Bonchev–Trinajstić information content (AvgIpc) is 3.27. The fourth-order valence-corrected chi connectivity index (χ4v) is 3.98. The minimum atomic E-state index is -1.18. The van der Waals surface area contributed by atoms with Gasteiger partial charge in [-0.3, -0.25) is 9.59 Å². The van der Waals surface area contributed by atoms with Crippen molar-refractivity contribution in [3.63, 3.8) is 0 Å². The zero-order valence-electron chi connectivity index (χ0n) is 16.9. The van der Waals surface area contributed by atoms with Gasteiger partial charge in [0, 0.05) is 25.8 Å². The average molecular weight is 406 g/mol. The van der Waals surface area contributed by atoms with Gasteiger partial charge in [-0.15, -0.1) is 0 Å². The van der Waals surface area contributed by atoms with Crippen LogP contribution in [-0.2, 0) is 14.3 Å². The Morgan fingerprint density at radius 1 is 1.21 bits per heavy atom. The molecule has 29 heavy (non-hydrogen) atoms. The van der Waals surface area contributed by atoms with E-state index >= 15 is 0 Å². The fourth-order valence-electron chi connectivity index (χ4n) is 3.98. The van der Waals surface area contributed by atoms with E-state index in [1.54, 1.807) is 24.1 Å². The summed E-state index contributed by atoms with van der Waals surface area (Å²) in [5.74, 6) is -0.403. The maximum Gasteiger partial charge on any atom is 0.251 e. The lowest BCUT2D eigenvalue weighted by atomic mass is 10.0. The summed E-state index contributed by atoms with van der Waals surface area (Å²) in [7, 11) is 1.61. The molecule has 0 aliphatic carbocycles. The van der Waals surface area contributed by atoms with Crippen LogP contribution in [0, 0.1) is 6.92 Å². The third kappa shape index (κ3) is 5.14. The Morgan fingerprint density at radius 2 is 1.90 bits per heavy atom. The number of hydrogen-bond acceptors (Lipinski definition) is 6. The number of aryl methyl sites for hydroxylation is 1. The zero-order valence-corrected chi connectivity index (χ0v) is 16.9. The molecule has 0 radical (unpaired) electrons. The maximum atomic E-state index is 12.7. The van der Waals surface area contributed by atoms with Gasteiger partial charge in [0.05, 0.1) is 25.2 Å². The number of hydrogen-bond donors (Lipinski definition) is 3. The molecule has 2 fully saturated rings. The highest BCUT2D eigenvalue weighted by Crippen LogP contribution is 2.26. The van der Waals surface area contributed by atoms with E-state index in [1.165, 1.54) is 0 Å². The van der Waals surface area contributed by atoms with Crippen molar-refractivity contribution in [2.45, 2.75) is 56.6 Å². The predicted molar refractivity (Wildman–Crippen MR) is 105 cm³/mol. The van der Waals surface area contributed by atoms with Crippen molar-refractivity contribution >= 4 is 11.8 Å². The summed E-state index contributed by atoms with van der Waals surface area (Å²) in [6.07, 6.45) is -2.12. The van der Waals surface area contributed by atoms with Crippen LogP contribution in [0.15, 0.2) is 24.3 Å². The molecule has 0 bridgehead atoms. The van der Waals surface area contributed by atoms with Gasteiger partial charge in [-0.2, -0.15) is 0 Å². The van der Waals surface area contributed by atoms with Crippen molar-refractivity contribution in [1.29, 1.82) is 0 Å². The summed E-state index contributed by atoms with van der Waals surface area (Å²) in [6.45, 7) is 3.13. The Bertz CT molecular complexity index is 710. The summed E-state index contributed by atoms with van der Waals surface area (Å²) in [6, 6.07) is 7.17. The van der Waals surface area contributed by atoms with E-state index in [1.807, 2.05) is 19.1 Å². The number of amides is 2. The predicted octanol–water partition coefficient (Wildman–Crippen LogP) is 0.242. The fraction of sp³-hybridized carbons (Fsp3) is 0.619. The SMILES string of the molecule is COC[C@H]1CCCN1C(=O)C[C@@H]1O[C@@H](CNC(=O)c2ccc(C)cc2)[C@@H](O)[C@H]1O. The third-order valence-electron chi connectivity index (χ3n) is 5.67. The monoisotopic (exact) mass is 406 g/mol. The molecule has 3 N–H and O–H groups in total.